The maximum Gasteiger partial charge on any atom is 0.269 e. The van der Waals surface area contributed by atoms with E-state index in [0.717, 1.165) is 16.9 Å². The van der Waals surface area contributed by atoms with E-state index in [1.807, 2.05) is 43.3 Å². The van der Waals surface area contributed by atoms with Crippen molar-refractivity contribution in [1.29, 1.82) is 0 Å². The Bertz CT molecular complexity index is 1340. The smallest absolute Gasteiger partial charge is 0.269 e. The van der Waals surface area contributed by atoms with E-state index >= 15 is 0 Å². The summed E-state index contributed by atoms with van der Waals surface area (Å²) in [7, 11) is 1.62. The third kappa shape index (κ3) is 5.85. The van der Waals surface area contributed by atoms with Gasteiger partial charge in [0.25, 0.3) is 11.6 Å². The lowest BCUT2D eigenvalue weighted by Gasteiger charge is -2.11. The van der Waals surface area contributed by atoms with Crippen LogP contribution >= 0.6 is 11.8 Å². The molecule has 0 aliphatic heterocycles. The summed E-state index contributed by atoms with van der Waals surface area (Å²) in [4.78, 5) is 23.3. The van der Waals surface area contributed by atoms with Gasteiger partial charge in [-0.2, -0.15) is 0 Å². The van der Waals surface area contributed by atoms with E-state index in [0.29, 0.717) is 28.0 Å². The van der Waals surface area contributed by atoms with Crippen molar-refractivity contribution in [2.75, 3.05) is 7.11 Å². The van der Waals surface area contributed by atoms with Crippen molar-refractivity contribution in [3.05, 3.63) is 105 Å². The van der Waals surface area contributed by atoms with Crippen molar-refractivity contribution in [3.8, 4) is 11.4 Å². The Morgan fingerprint density at radius 1 is 1.09 bits per heavy atom. The van der Waals surface area contributed by atoms with Crippen molar-refractivity contribution >= 4 is 23.4 Å². The largest absolute Gasteiger partial charge is 0.497 e. The second-order valence-corrected chi connectivity index (χ2v) is 8.64. The molecule has 0 fully saturated rings. The van der Waals surface area contributed by atoms with Crippen molar-refractivity contribution in [1.82, 2.24) is 20.1 Å². The van der Waals surface area contributed by atoms with E-state index in [1.165, 1.54) is 23.9 Å². The molecule has 0 bridgehead atoms. The molecule has 0 saturated heterocycles. The van der Waals surface area contributed by atoms with Crippen molar-refractivity contribution < 1.29 is 14.5 Å². The highest BCUT2D eigenvalue weighted by molar-refractivity contribution is 7.98. The predicted molar refractivity (Wildman–Crippen MR) is 133 cm³/mol. The number of nitro groups is 1. The molecule has 10 heteroatoms. The van der Waals surface area contributed by atoms with E-state index in [4.69, 9.17) is 4.74 Å². The highest BCUT2D eigenvalue weighted by atomic mass is 32.2. The summed E-state index contributed by atoms with van der Waals surface area (Å²) >= 11 is 1.46. The van der Waals surface area contributed by atoms with Crippen molar-refractivity contribution in [2.24, 2.45) is 0 Å². The topological polar surface area (TPSA) is 112 Å². The Morgan fingerprint density at radius 3 is 2.51 bits per heavy atom. The lowest BCUT2D eigenvalue weighted by molar-refractivity contribution is -0.384. The van der Waals surface area contributed by atoms with Gasteiger partial charge >= 0.3 is 0 Å². The van der Waals surface area contributed by atoms with Crippen LogP contribution in [0.15, 0.2) is 78.0 Å². The second kappa shape index (κ2) is 10.8. The van der Waals surface area contributed by atoms with Gasteiger partial charge in [-0.25, -0.2) is 0 Å². The highest BCUT2D eigenvalue weighted by Gasteiger charge is 2.17. The number of benzene rings is 3. The summed E-state index contributed by atoms with van der Waals surface area (Å²) in [6.45, 7) is 2.09. The number of thioether (sulfide) groups is 1. The van der Waals surface area contributed by atoms with Gasteiger partial charge in [0.1, 0.15) is 5.75 Å². The van der Waals surface area contributed by atoms with Crippen LogP contribution < -0.4 is 10.1 Å². The van der Waals surface area contributed by atoms with E-state index in [-0.39, 0.29) is 18.1 Å². The van der Waals surface area contributed by atoms with Crippen LogP contribution in [0.25, 0.3) is 5.69 Å². The minimum Gasteiger partial charge on any atom is -0.497 e. The molecule has 0 atom stereocenters. The fraction of sp³-hybridized carbons (Fsp3) is 0.160. The average molecular weight is 490 g/mol. The Hall–Kier alpha value is -4.18. The summed E-state index contributed by atoms with van der Waals surface area (Å²) in [5, 5.41) is 23.2. The minimum absolute atomic E-state index is 0.0124. The first kappa shape index (κ1) is 24.0. The lowest BCUT2D eigenvalue weighted by Crippen LogP contribution is -2.24. The molecule has 3 aromatic carbocycles. The van der Waals surface area contributed by atoms with Crippen LogP contribution in [0.1, 0.15) is 27.3 Å². The number of ether oxygens (including phenoxy) is 1. The molecular formula is C25H23N5O4S. The van der Waals surface area contributed by atoms with Gasteiger partial charge in [0, 0.05) is 29.1 Å². The molecule has 0 spiro atoms. The fourth-order valence-corrected chi connectivity index (χ4v) is 4.28. The molecule has 0 radical (unpaired) electrons. The number of hydrogen-bond donors (Lipinski definition) is 1. The molecule has 1 aromatic heterocycles. The maximum atomic E-state index is 12.6. The standard InChI is InChI=1S/C25H23N5O4S/c1-17-6-8-19(9-7-17)24(31)26-15-23-27-28-25(35-16-18-4-3-5-22(14-18)34-2)29(23)20-10-12-21(13-11-20)30(32)33/h3-14H,15-16H2,1-2H3,(H,26,31). The molecule has 0 aliphatic rings. The molecule has 4 rings (SSSR count). The number of aryl methyl sites for hydroxylation is 1. The van der Waals surface area contributed by atoms with E-state index in [1.54, 1.807) is 35.9 Å². The normalized spacial score (nSPS) is 10.7. The van der Waals surface area contributed by atoms with Gasteiger partial charge in [-0.05, 0) is 48.9 Å². The third-order valence-corrected chi connectivity index (χ3v) is 6.24. The summed E-state index contributed by atoms with van der Waals surface area (Å²) in [5.41, 5.74) is 3.30. The molecule has 0 unspecified atom stereocenters. The van der Waals surface area contributed by atoms with Crippen LogP contribution in [0.3, 0.4) is 0 Å². The Labute approximate surface area is 206 Å². The van der Waals surface area contributed by atoms with Gasteiger partial charge in [-0.3, -0.25) is 19.5 Å². The van der Waals surface area contributed by atoms with Crippen molar-refractivity contribution in [2.45, 2.75) is 24.4 Å². The van der Waals surface area contributed by atoms with E-state index < -0.39 is 4.92 Å². The third-order valence-electron chi connectivity index (χ3n) is 5.24. The molecule has 1 heterocycles. The quantitative estimate of drug-likeness (QED) is 0.206. The molecule has 1 amide bonds. The fourth-order valence-electron chi connectivity index (χ4n) is 3.37. The van der Waals surface area contributed by atoms with Gasteiger partial charge in [0.2, 0.25) is 0 Å². The molecule has 0 aliphatic carbocycles. The zero-order valence-electron chi connectivity index (χ0n) is 19.2. The first-order chi connectivity index (χ1) is 16.9. The number of nitrogens with zero attached hydrogens (tertiary/aromatic N) is 4. The van der Waals surface area contributed by atoms with Gasteiger partial charge in [-0.1, -0.05) is 41.6 Å². The van der Waals surface area contributed by atoms with Crippen LogP contribution in [0, 0.1) is 17.0 Å². The van der Waals surface area contributed by atoms with Gasteiger partial charge in [0.15, 0.2) is 11.0 Å². The SMILES string of the molecule is COc1cccc(CSc2nnc(CNC(=O)c3ccc(C)cc3)n2-c2ccc([N+](=O)[O-])cc2)c1. The molecule has 35 heavy (non-hydrogen) atoms. The molecular weight excluding hydrogens is 466 g/mol. The number of carbonyl (C=O) groups excluding carboxylic acids is 1. The summed E-state index contributed by atoms with van der Waals surface area (Å²) in [6.07, 6.45) is 0. The minimum atomic E-state index is -0.447. The summed E-state index contributed by atoms with van der Waals surface area (Å²) in [5.74, 6) is 1.65. The lowest BCUT2D eigenvalue weighted by atomic mass is 10.1. The van der Waals surface area contributed by atoms with E-state index in [9.17, 15) is 14.9 Å². The monoisotopic (exact) mass is 489 g/mol. The number of hydrogen-bond acceptors (Lipinski definition) is 7. The number of carbonyl (C=O) groups is 1. The van der Waals surface area contributed by atoms with Crippen LogP contribution in [-0.4, -0.2) is 32.7 Å². The predicted octanol–water partition coefficient (Wildman–Crippen LogP) is 4.71. The number of amides is 1. The molecule has 4 aromatic rings. The van der Waals surface area contributed by atoms with Gasteiger partial charge in [0.05, 0.1) is 18.6 Å². The molecule has 178 valence electrons. The molecule has 9 nitrogen and oxygen atoms in total. The summed E-state index contributed by atoms with van der Waals surface area (Å²) < 4.78 is 7.09. The Morgan fingerprint density at radius 2 is 1.83 bits per heavy atom. The molecule has 0 saturated carbocycles. The first-order valence-corrected chi connectivity index (χ1v) is 11.7. The zero-order valence-corrected chi connectivity index (χ0v) is 20.0. The van der Waals surface area contributed by atoms with Crippen LogP contribution in [0.5, 0.6) is 5.75 Å². The number of nitrogens with one attached hydrogen (secondary N) is 1. The van der Waals surface area contributed by atoms with Crippen molar-refractivity contribution in [3.63, 3.8) is 0 Å². The summed E-state index contributed by atoms with van der Waals surface area (Å²) in [6, 6.07) is 21.2. The molecule has 1 N–H and O–H groups in total. The number of aromatic nitrogens is 3. The van der Waals surface area contributed by atoms with Crippen LogP contribution in [0.2, 0.25) is 0 Å². The van der Waals surface area contributed by atoms with E-state index in [2.05, 4.69) is 15.5 Å². The Kier molecular flexibility index (Phi) is 7.41. The van der Waals surface area contributed by atoms with Gasteiger partial charge < -0.3 is 10.1 Å². The number of methoxy groups -OCH3 is 1. The zero-order chi connectivity index (χ0) is 24.8. The van der Waals surface area contributed by atoms with Gasteiger partial charge in [-0.15, -0.1) is 10.2 Å². The van der Waals surface area contributed by atoms with Crippen LogP contribution in [0.4, 0.5) is 5.69 Å². The number of rotatable bonds is 9. The first-order valence-electron chi connectivity index (χ1n) is 10.7. The van der Waals surface area contributed by atoms with Crippen LogP contribution in [-0.2, 0) is 12.3 Å². The highest BCUT2D eigenvalue weighted by Crippen LogP contribution is 2.27. The second-order valence-electron chi connectivity index (χ2n) is 7.70. The number of nitro benzene ring substituents is 1. The average Bonchev–Trinajstić information content (AvgIpc) is 3.29. The number of non-ortho nitro benzene ring substituents is 1. The maximum absolute atomic E-state index is 12.6. The Balaban J connectivity index is 1.58.